The lowest BCUT2D eigenvalue weighted by atomic mass is 10.2. The lowest BCUT2D eigenvalue weighted by Gasteiger charge is -2.02. The molecule has 0 radical (unpaired) electrons. The highest BCUT2D eigenvalue weighted by Crippen LogP contribution is 2.19. The van der Waals surface area contributed by atoms with E-state index in [1.54, 1.807) is 6.20 Å². The summed E-state index contributed by atoms with van der Waals surface area (Å²) in [4.78, 5) is 4.19. The lowest BCUT2D eigenvalue weighted by molar-refractivity contribution is 1.36. The summed E-state index contributed by atoms with van der Waals surface area (Å²) in [5, 5.41) is 5.18. The van der Waals surface area contributed by atoms with Gasteiger partial charge in [0, 0.05) is 11.6 Å². The van der Waals surface area contributed by atoms with Gasteiger partial charge in [0.25, 0.3) is 0 Å². The van der Waals surface area contributed by atoms with Gasteiger partial charge in [-0.1, -0.05) is 36.5 Å². The van der Waals surface area contributed by atoms with Crippen molar-refractivity contribution in [3.8, 4) is 0 Å². The third-order valence-corrected chi connectivity index (χ3v) is 1.99. The fraction of sp³-hybridized carbons (Fsp3) is 0. The van der Waals surface area contributed by atoms with Crippen molar-refractivity contribution in [2.75, 3.05) is 5.32 Å². The van der Waals surface area contributed by atoms with Crippen LogP contribution in [-0.2, 0) is 0 Å². The zero-order chi connectivity index (χ0) is 9.10. The molecule has 2 aromatic rings. The van der Waals surface area contributed by atoms with Gasteiger partial charge in [0.05, 0.1) is 5.49 Å². The molecule has 0 spiro atoms. The second kappa shape index (κ2) is 3.49. The predicted octanol–water partition coefficient (Wildman–Crippen LogP) is 2.60. The molecule has 2 rings (SSSR count). The Morgan fingerprint density at radius 2 is 2.08 bits per heavy atom. The molecule has 3 heteroatoms. The first-order valence-electron chi connectivity index (χ1n) is 3.96. The van der Waals surface area contributed by atoms with E-state index in [-0.39, 0.29) is 0 Å². The third-order valence-electron chi connectivity index (χ3n) is 1.87. The minimum Gasteiger partial charge on any atom is -0.337 e. The summed E-state index contributed by atoms with van der Waals surface area (Å²) in [5.41, 5.74) is 1.47. The Hall–Kier alpha value is -1.48. The van der Waals surface area contributed by atoms with Crippen LogP contribution in [0.1, 0.15) is 0 Å². The van der Waals surface area contributed by atoms with Crippen molar-refractivity contribution in [3.63, 3.8) is 0 Å². The quantitative estimate of drug-likeness (QED) is 0.733. The lowest BCUT2D eigenvalue weighted by Crippen LogP contribution is -1.95. The average molecular weight is 188 g/mol. The molecule has 0 unspecified atom stereocenters. The first kappa shape index (κ1) is 8.13. The molecule has 13 heavy (non-hydrogen) atoms. The standard InChI is InChI=1S/C10H8N2S/c13-7-12-10-9-4-2-1-3-8(9)5-6-11-10/h1-7H,(H,11,12,13). The number of fused-ring (bicyclic) bond motifs is 1. The highest BCUT2D eigenvalue weighted by Gasteiger charge is 1.97. The van der Waals surface area contributed by atoms with Gasteiger partial charge in [-0.25, -0.2) is 4.98 Å². The Morgan fingerprint density at radius 1 is 1.23 bits per heavy atom. The van der Waals surface area contributed by atoms with Gasteiger partial charge >= 0.3 is 0 Å². The number of rotatable bonds is 2. The highest BCUT2D eigenvalue weighted by molar-refractivity contribution is 7.79. The van der Waals surface area contributed by atoms with E-state index in [9.17, 15) is 0 Å². The SMILES string of the molecule is S=CNc1nccc2ccccc12. The minimum absolute atomic E-state index is 0.813. The van der Waals surface area contributed by atoms with Crippen LogP contribution in [0, 0.1) is 0 Å². The van der Waals surface area contributed by atoms with E-state index >= 15 is 0 Å². The first-order valence-corrected chi connectivity index (χ1v) is 4.43. The Kier molecular flexibility index (Phi) is 2.19. The smallest absolute Gasteiger partial charge is 0.138 e. The maximum absolute atomic E-state index is 4.72. The minimum atomic E-state index is 0.813. The zero-order valence-electron chi connectivity index (χ0n) is 6.90. The molecule has 0 aliphatic carbocycles. The molecule has 0 aliphatic heterocycles. The fourth-order valence-corrected chi connectivity index (χ4v) is 1.40. The Labute approximate surface area is 81.6 Å². The highest BCUT2D eigenvalue weighted by atomic mass is 32.1. The molecule has 1 aromatic carbocycles. The van der Waals surface area contributed by atoms with Crippen LogP contribution >= 0.6 is 12.2 Å². The van der Waals surface area contributed by atoms with Gasteiger partial charge in [0.15, 0.2) is 0 Å². The van der Waals surface area contributed by atoms with E-state index in [1.807, 2.05) is 30.3 Å². The second-order valence-corrected chi connectivity index (χ2v) is 2.88. The van der Waals surface area contributed by atoms with Gasteiger partial charge < -0.3 is 5.32 Å². The fourth-order valence-electron chi connectivity index (χ4n) is 1.29. The number of pyridine rings is 1. The number of anilines is 1. The van der Waals surface area contributed by atoms with Gasteiger partial charge in [-0.3, -0.25) is 0 Å². The van der Waals surface area contributed by atoms with E-state index in [0.29, 0.717) is 0 Å². The molecule has 1 aromatic heterocycles. The molecule has 1 N–H and O–H groups in total. The van der Waals surface area contributed by atoms with E-state index in [2.05, 4.69) is 10.3 Å². The van der Waals surface area contributed by atoms with Crippen LogP contribution in [0.3, 0.4) is 0 Å². The topological polar surface area (TPSA) is 24.9 Å². The van der Waals surface area contributed by atoms with Crippen LogP contribution in [0.15, 0.2) is 36.5 Å². The number of benzene rings is 1. The van der Waals surface area contributed by atoms with Crippen LogP contribution in [0.2, 0.25) is 0 Å². The maximum atomic E-state index is 4.72. The summed E-state index contributed by atoms with van der Waals surface area (Å²) in [6.45, 7) is 0. The van der Waals surface area contributed by atoms with Crippen molar-refractivity contribution < 1.29 is 0 Å². The number of thiocarbonyl (C=S) groups is 1. The number of aromatic nitrogens is 1. The average Bonchev–Trinajstić information content (AvgIpc) is 2.19. The largest absolute Gasteiger partial charge is 0.337 e. The number of nitrogens with zero attached hydrogens (tertiary/aromatic N) is 1. The molecule has 0 aliphatic rings. The summed E-state index contributed by atoms with van der Waals surface area (Å²) in [5.74, 6) is 0.813. The summed E-state index contributed by atoms with van der Waals surface area (Å²) >= 11 is 4.72. The first-order chi connectivity index (χ1) is 6.42. The van der Waals surface area contributed by atoms with Crippen molar-refractivity contribution in [1.29, 1.82) is 0 Å². The van der Waals surface area contributed by atoms with Gasteiger partial charge in [-0.2, -0.15) is 0 Å². The van der Waals surface area contributed by atoms with Crippen molar-refractivity contribution >= 4 is 34.3 Å². The Bertz CT molecular complexity index is 434. The molecule has 0 saturated heterocycles. The third kappa shape index (κ3) is 1.51. The molecular weight excluding hydrogens is 180 g/mol. The summed E-state index contributed by atoms with van der Waals surface area (Å²) in [7, 11) is 0. The molecule has 0 fully saturated rings. The maximum Gasteiger partial charge on any atom is 0.138 e. The number of hydrogen-bond donors (Lipinski definition) is 1. The van der Waals surface area contributed by atoms with Crippen molar-refractivity contribution in [2.45, 2.75) is 0 Å². The zero-order valence-corrected chi connectivity index (χ0v) is 7.71. The van der Waals surface area contributed by atoms with Crippen LogP contribution in [-0.4, -0.2) is 10.5 Å². The van der Waals surface area contributed by atoms with Crippen LogP contribution in [0.5, 0.6) is 0 Å². The molecule has 1 heterocycles. The van der Waals surface area contributed by atoms with E-state index in [1.165, 1.54) is 5.49 Å². The van der Waals surface area contributed by atoms with E-state index in [4.69, 9.17) is 12.2 Å². The van der Waals surface area contributed by atoms with Gasteiger partial charge in [0.1, 0.15) is 5.82 Å². The van der Waals surface area contributed by atoms with Crippen LogP contribution in [0.4, 0.5) is 5.82 Å². The second-order valence-electron chi connectivity index (χ2n) is 2.64. The van der Waals surface area contributed by atoms with E-state index in [0.717, 1.165) is 16.6 Å². The van der Waals surface area contributed by atoms with E-state index < -0.39 is 0 Å². The molecular formula is C10H8N2S. The monoisotopic (exact) mass is 188 g/mol. The number of nitrogens with one attached hydrogen (secondary N) is 1. The molecule has 64 valence electrons. The molecule has 0 amide bonds. The van der Waals surface area contributed by atoms with Gasteiger partial charge in [-0.05, 0) is 11.5 Å². The Morgan fingerprint density at radius 3 is 2.92 bits per heavy atom. The normalized spacial score (nSPS) is 9.85. The predicted molar refractivity (Wildman–Crippen MR) is 59.0 cm³/mol. The van der Waals surface area contributed by atoms with Gasteiger partial charge in [0.2, 0.25) is 0 Å². The molecule has 0 bridgehead atoms. The number of hydrogen-bond acceptors (Lipinski definition) is 2. The Balaban J connectivity index is 2.68. The molecule has 2 nitrogen and oxygen atoms in total. The molecule has 0 atom stereocenters. The molecule has 0 saturated carbocycles. The van der Waals surface area contributed by atoms with Crippen LogP contribution < -0.4 is 5.32 Å². The van der Waals surface area contributed by atoms with Crippen molar-refractivity contribution in [2.24, 2.45) is 0 Å². The summed E-state index contributed by atoms with van der Waals surface area (Å²) in [6.07, 6.45) is 1.77. The van der Waals surface area contributed by atoms with Crippen molar-refractivity contribution in [1.82, 2.24) is 4.98 Å². The van der Waals surface area contributed by atoms with Gasteiger partial charge in [-0.15, -0.1) is 0 Å². The van der Waals surface area contributed by atoms with Crippen LogP contribution in [0.25, 0.3) is 10.8 Å². The van der Waals surface area contributed by atoms with Crippen molar-refractivity contribution in [3.05, 3.63) is 36.5 Å². The summed E-state index contributed by atoms with van der Waals surface area (Å²) < 4.78 is 0. The summed E-state index contributed by atoms with van der Waals surface area (Å²) in [6, 6.07) is 10.0.